The highest BCUT2D eigenvalue weighted by atomic mass is 127. The Balaban J connectivity index is 0.00000324. The molecule has 0 saturated carbocycles. The van der Waals surface area contributed by atoms with Gasteiger partial charge in [0.1, 0.15) is 18.1 Å². The Labute approximate surface area is 219 Å². The molecule has 1 aliphatic heterocycles. The third kappa shape index (κ3) is 7.73. The molecule has 3 aromatic rings. The average Bonchev–Trinajstić information content (AvgIpc) is 3.41. The molecule has 0 aliphatic carbocycles. The summed E-state index contributed by atoms with van der Waals surface area (Å²) in [5, 5.41) is 6.89. The zero-order valence-corrected chi connectivity index (χ0v) is 22.0. The maximum absolute atomic E-state index is 5.82. The smallest absolute Gasteiger partial charge is 0.191 e. The molecule has 0 amide bonds. The fourth-order valence-corrected chi connectivity index (χ4v) is 4.06. The molecule has 1 saturated heterocycles. The van der Waals surface area contributed by atoms with E-state index in [1.807, 2.05) is 36.4 Å². The second kappa shape index (κ2) is 14.0. The Kier molecular flexibility index (Phi) is 10.7. The summed E-state index contributed by atoms with van der Waals surface area (Å²) in [6.45, 7) is 4.09. The number of pyridine rings is 1. The molecule has 2 aromatic heterocycles. The number of halogens is 1. The number of hydrogen-bond donors (Lipinski definition) is 2. The molecule has 1 atom stereocenters. The molecular weight excluding hydrogens is 541 g/mol. The van der Waals surface area contributed by atoms with E-state index in [1.165, 1.54) is 19.3 Å². The summed E-state index contributed by atoms with van der Waals surface area (Å²) in [6, 6.07) is 18.1. The highest BCUT2D eigenvalue weighted by Gasteiger charge is 2.24. The highest BCUT2D eigenvalue weighted by molar-refractivity contribution is 14.0. The van der Waals surface area contributed by atoms with Crippen LogP contribution in [0.4, 0.5) is 0 Å². The molecule has 1 unspecified atom stereocenters. The van der Waals surface area contributed by atoms with Crippen molar-refractivity contribution in [2.45, 2.75) is 38.5 Å². The number of aliphatic imine (C=N–C) groups is 1. The van der Waals surface area contributed by atoms with Crippen molar-refractivity contribution in [3.63, 3.8) is 0 Å². The zero-order valence-electron chi connectivity index (χ0n) is 19.7. The zero-order chi connectivity index (χ0) is 22.7. The van der Waals surface area contributed by atoms with Crippen molar-refractivity contribution in [1.29, 1.82) is 0 Å². The van der Waals surface area contributed by atoms with Gasteiger partial charge in [-0.1, -0.05) is 24.6 Å². The first-order valence-corrected chi connectivity index (χ1v) is 11.7. The molecule has 1 fully saturated rings. The van der Waals surface area contributed by atoms with Crippen LogP contribution in [-0.2, 0) is 13.2 Å². The second-order valence-corrected chi connectivity index (χ2v) is 8.19. The molecule has 8 heteroatoms. The minimum atomic E-state index is 0. The van der Waals surface area contributed by atoms with Crippen molar-refractivity contribution in [2.75, 3.05) is 26.7 Å². The number of nitrogens with one attached hydrogen (secondary N) is 2. The van der Waals surface area contributed by atoms with Gasteiger partial charge >= 0.3 is 0 Å². The van der Waals surface area contributed by atoms with Crippen molar-refractivity contribution < 1.29 is 9.15 Å². The van der Waals surface area contributed by atoms with Gasteiger partial charge in [0.25, 0.3) is 0 Å². The van der Waals surface area contributed by atoms with Crippen LogP contribution in [0.1, 0.15) is 42.3 Å². The van der Waals surface area contributed by atoms with E-state index in [0.29, 0.717) is 13.2 Å². The van der Waals surface area contributed by atoms with Gasteiger partial charge in [-0.25, -0.2) is 0 Å². The summed E-state index contributed by atoms with van der Waals surface area (Å²) < 4.78 is 11.6. The fourth-order valence-electron chi connectivity index (χ4n) is 4.06. The standard InChI is InChI=1S/C26H33N5O2.HI/c1-27-26(30-19-24(25-9-7-17-32-25)31-15-5-2-6-16-31)29-18-21-10-12-23(13-11-21)33-20-22-8-3-4-14-28-22;/h3-4,7-14,17,24H,2,5-6,15-16,18-20H2,1H3,(H2,27,29,30);1H. The number of piperidine rings is 1. The van der Waals surface area contributed by atoms with E-state index in [1.54, 1.807) is 19.5 Å². The van der Waals surface area contributed by atoms with Crippen LogP contribution in [0, 0.1) is 0 Å². The van der Waals surface area contributed by atoms with E-state index < -0.39 is 0 Å². The summed E-state index contributed by atoms with van der Waals surface area (Å²) in [7, 11) is 1.80. The summed E-state index contributed by atoms with van der Waals surface area (Å²) in [4.78, 5) is 11.2. The molecule has 182 valence electrons. The lowest BCUT2D eigenvalue weighted by molar-refractivity contribution is 0.146. The molecule has 0 spiro atoms. The fraction of sp³-hybridized carbons (Fsp3) is 0.385. The van der Waals surface area contributed by atoms with Crippen molar-refractivity contribution in [1.82, 2.24) is 20.5 Å². The lowest BCUT2D eigenvalue weighted by Crippen LogP contribution is -2.44. The highest BCUT2D eigenvalue weighted by Crippen LogP contribution is 2.24. The predicted octanol–water partition coefficient (Wildman–Crippen LogP) is 4.76. The van der Waals surface area contributed by atoms with Crippen molar-refractivity contribution in [3.05, 3.63) is 84.1 Å². The van der Waals surface area contributed by atoms with Crippen LogP contribution in [0.25, 0.3) is 0 Å². The predicted molar refractivity (Wildman–Crippen MR) is 146 cm³/mol. The van der Waals surface area contributed by atoms with Gasteiger partial charge < -0.3 is 19.8 Å². The summed E-state index contributed by atoms with van der Waals surface area (Å²) >= 11 is 0. The number of benzene rings is 1. The number of ether oxygens (including phenoxy) is 1. The SMILES string of the molecule is CN=C(NCc1ccc(OCc2ccccn2)cc1)NCC(c1ccco1)N1CCCCC1.I. The molecule has 3 heterocycles. The molecular formula is C26H34IN5O2. The first-order valence-electron chi connectivity index (χ1n) is 11.7. The first kappa shape index (κ1) is 26.0. The summed E-state index contributed by atoms with van der Waals surface area (Å²) in [5.41, 5.74) is 2.07. The van der Waals surface area contributed by atoms with Crippen LogP contribution in [0.5, 0.6) is 5.75 Å². The van der Waals surface area contributed by atoms with Crippen LogP contribution in [0.15, 0.2) is 76.5 Å². The number of furan rings is 1. The van der Waals surface area contributed by atoms with E-state index in [-0.39, 0.29) is 30.0 Å². The maximum atomic E-state index is 5.82. The Bertz CT molecular complexity index is 974. The topological polar surface area (TPSA) is 74.9 Å². The molecule has 34 heavy (non-hydrogen) atoms. The Morgan fingerprint density at radius 3 is 2.56 bits per heavy atom. The number of hydrogen-bond acceptors (Lipinski definition) is 5. The average molecular weight is 575 g/mol. The van der Waals surface area contributed by atoms with Crippen LogP contribution < -0.4 is 15.4 Å². The molecule has 4 rings (SSSR count). The van der Waals surface area contributed by atoms with E-state index in [4.69, 9.17) is 9.15 Å². The number of nitrogens with zero attached hydrogens (tertiary/aromatic N) is 3. The number of aromatic nitrogens is 1. The van der Waals surface area contributed by atoms with Gasteiger partial charge in [-0.15, -0.1) is 24.0 Å². The van der Waals surface area contributed by atoms with E-state index >= 15 is 0 Å². The first-order chi connectivity index (χ1) is 16.3. The van der Waals surface area contributed by atoms with Crippen molar-refractivity contribution in [2.24, 2.45) is 4.99 Å². The van der Waals surface area contributed by atoms with Crippen LogP contribution in [0.2, 0.25) is 0 Å². The van der Waals surface area contributed by atoms with Crippen LogP contribution in [0.3, 0.4) is 0 Å². The van der Waals surface area contributed by atoms with Gasteiger partial charge in [-0.2, -0.15) is 0 Å². The Hall–Kier alpha value is -2.59. The maximum Gasteiger partial charge on any atom is 0.191 e. The minimum absolute atomic E-state index is 0. The van der Waals surface area contributed by atoms with Gasteiger partial charge in [0.05, 0.1) is 18.0 Å². The van der Waals surface area contributed by atoms with Gasteiger partial charge in [-0.05, 0) is 67.9 Å². The molecule has 1 aromatic carbocycles. The lowest BCUT2D eigenvalue weighted by Gasteiger charge is -2.33. The molecule has 7 nitrogen and oxygen atoms in total. The third-order valence-electron chi connectivity index (χ3n) is 5.89. The van der Waals surface area contributed by atoms with Crippen molar-refractivity contribution >= 4 is 29.9 Å². The molecule has 1 aliphatic rings. The number of guanidine groups is 1. The normalized spacial score (nSPS) is 15.3. The third-order valence-corrected chi connectivity index (χ3v) is 5.89. The summed E-state index contributed by atoms with van der Waals surface area (Å²) in [6.07, 6.45) is 7.32. The quantitative estimate of drug-likeness (QED) is 0.218. The van der Waals surface area contributed by atoms with Gasteiger partial charge in [0, 0.05) is 26.3 Å². The van der Waals surface area contributed by atoms with E-state index in [2.05, 4.69) is 43.7 Å². The lowest BCUT2D eigenvalue weighted by atomic mass is 10.1. The van der Waals surface area contributed by atoms with E-state index in [9.17, 15) is 0 Å². The largest absolute Gasteiger partial charge is 0.487 e. The van der Waals surface area contributed by atoms with E-state index in [0.717, 1.165) is 48.4 Å². The monoisotopic (exact) mass is 575 g/mol. The van der Waals surface area contributed by atoms with Gasteiger partial charge in [0.2, 0.25) is 0 Å². The molecule has 2 N–H and O–H groups in total. The number of likely N-dealkylation sites (tertiary alicyclic amines) is 1. The van der Waals surface area contributed by atoms with Crippen molar-refractivity contribution in [3.8, 4) is 5.75 Å². The number of rotatable bonds is 9. The Morgan fingerprint density at radius 2 is 1.88 bits per heavy atom. The molecule has 0 radical (unpaired) electrons. The van der Waals surface area contributed by atoms with Crippen LogP contribution in [-0.4, -0.2) is 42.5 Å². The minimum Gasteiger partial charge on any atom is -0.487 e. The van der Waals surface area contributed by atoms with Gasteiger partial charge in [0.15, 0.2) is 5.96 Å². The Morgan fingerprint density at radius 1 is 1.06 bits per heavy atom. The summed E-state index contributed by atoms with van der Waals surface area (Å²) in [5.74, 6) is 2.61. The second-order valence-electron chi connectivity index (χ2n) is 8.19. The molecule has 0 bridgehead atoms. The van der Waals surface area contributed by atoms with Crippen LogP contribution >= 0.6 is 24.0 Å². The van der Waals surface area contributed by atoms with Gasteiger partial charge in [-0.3, -0.25) is 14.9 Å².